The van der Waals surface area contributed by atoms with Crippen molar-refractivity contribution in [3.05, 3.63) is 40.4 Å². The number of anilines is 1. The highest BCUT2D eigenvalue weighted by molar-refractivity contribution is 5.82. The lowest BCUT2D eigenvalue weighted by Crippen LogP contribution is -2.37. The molecule has 0 saturated heterocycles. The van der Waals surface area contributed by atoms with Gasteiger partial charge in [-0.2, -0.15) is 0 Å². The Balaban J connectivity index is 1.75. The zero-order valence-electron chi connectivity index (χ0n) is 12.3. The Labute approximate surface area is 128 Å². The average molecular weight is 301 g/mol. The number of nitro groups is 1. The van der Waals surface area contributed by atoms with E-state index >= 15 is 0 Å². The summed E-state index contributed by atoms with van der Waals surface area (Å²) in [4.78, 5) is 14.9. The number of aliphatic hydroxyl groups excluding tert-OH is 1. The number of aliphatic hydroxyl groups is 1. The molecule has 22 heavy (non-hydrogen) atoms. The molecule has 1 heterocycles. The molecule has 1 aliphatic rings. The minimum Gasteiger partial charge on any atom is -0.396 e. The van der Waals surface area contributed by atoms with Crippen LogP contribution in [0.5, 0.6) is 0 Å². The third-order valence-corrected chi connectivity index (χ3v) is 4.58. The van der Waals surface area contributed by atoms with Gasteiger partial charge in [0.05, 0.1) is 10.4 Å². The highest BCUT2D eigenvalue weighted by Gasteiger charge is 2.36. The molecule has 0 atom stereocenters. The highest BCUT2D eigenvalue weighted by Crippen LogP contribution is 2.43. The number of non-ortho nitro benzene ring substituents is 1. The number of hydrogen-bond donors (Lipinski definition) is 2. The molecule has 2 aromatic rings. The van der Waals surface area contributed by atoms with E-state index in [-0.39, 0.29) is 17.7 Å². The summed E-state index contributed by atoms with van der Waals surface area (Å²) in [6.07, 6.45) is 4.32. The number of hydrogen-bond acceptors (Lipinski definition) is 5. The van der Waals surface area contributed by atoms with E-state index in [1.54, 1.807) is 6.07 Å². The smallest absolute Gasteiger partial charge is 0.270 e. The monoisotopic (exact) mass is 301 g/mol. The Bertz CT molecular complexity index is 698. The van der Waals surface area contributed by atoms with Crippen molar-refractivity contribution in [1.29, 1.82) is 0 Å². The fraction of sp³-hybridized carbons (Fsp3) is 0.438. The number of nitro benzene ring substituents is 1. The van der Waals surface area contributed by atoms with Crippen LogP contribution < -0.4 is 5.32 Å². The maximum absolute atomic E-state index is 10.8. The fourth-order valence-electron chi connectivity index (χ4n) is 3.03. The van der Waals surface area contributed by atoms with Crippen LogP contribution in [0.3, 0.4) is 0 Å². The van der Waals surface area contributed by atoms with E-state index in [2.05, 4.69) is 10.3 Å². The van der Waals surface area contributed by atoms with Crippen molar-refractivity contribution in [3.8, 4) is 0 Å². The largest absolute Gasteiger partial charge is 0.396 e. The van der Waals surface area contributed by atoms with E-state index in [1.165, 1.54) is 18.6 Å². The number of fused-ring (bicyclic) bond motifs is 1. The van der Waals surface area contributed by atoms with Gasteiger partial charge in [0.15, 0.2) is 0 Å². The van der Waals surface area contributed by atoms with Gasteiger partial charge in [-0.3, -0.25) is 10.1 Å². The van der Waals surface area contributed by atoms with Crippen LogP contribution in [-0.4, -0.2) is 28.2 Å². The minimum absolute atomic E-state index is 0.0753. The van der Waals surface area contributed by atoms with E-state index in [0.29, 0.717) is 0 Å². The molecule has 1 fully saturated rings. The van der Waals surface area contributed by atoms with Gasteiger partial charge in [0, 0.05) is 30.7 Å². The van der Waals surface area contributed by atoms with Gasteiger partial charge in [0.1, 0.15) is 5.82 Å². The molecule has 6 nitrogen and oxygen atoms in total. The lowest BCUT2D eigenvalue weighted by molar-refractivity contribution is -0.384. The van der Waals surface area contributed by atoms with Gasteiger partial charge in [-0.15, -0.1) is 0 Å². The van der Waals surface area contributed by atoms with Crippen LogP contribution in [0, 0.1) is 15.5 Å². The first-order chi connectivity index (χ1) is 10.6. The van der Waals surface area contributed by atoms with Crippen molar-refractivity contribution >= 4 is 22.4 Å². The molecule has 0 unspecified atom stereocenters. The second-order valence-corrected chi connectivity index (χ2v) is 6.01. The molecule has 116 valence electrons. The predicted molar refractivity (Wildman–Crippen MR) is 84.9 cm³/mol. The van der Waals surface area contributed by atoms with Crippen LogP contribution in [-0.2, 0) is 0 Å². The molecule has 6 heteroatoms. The predicted octanol–water partition coefficient (Wildman–Crippen LogP) is 3.11. The van der Waals surface area contributed by atoms with Crippen molar-refractivity contribution in [1.82, 2.24) is 4.98 Å². The van der Waals surface area contributed by atoms with Gasteiger partial charge >= 0.3 is 0 Å². The van der Waals surface area contributed by atoms with E-state index in [0.717, 1.165) is 42.5 Å². The summed E-state index contributed by atoms with van der Waals surface area (Å²) in [5.74, 6) is 0.769. The second-order valence-electron chi connectivity index (χ2n) is 6.01. The first kappa shape index (κ1) is 14.7. The van der Waals surface area contributed by atoms with Crippen LogP contribution in [0.2, 0.25) is 0 Å². The van der Waals surface area contributed by atoms with Crippen LogP contribution >= 0.6 is 0 Å². The molecule has 1 saturated carbocycles. The maximum Gasteiger partial charge on any atom is 0.270 e. The molecule has 1 aliphatic carbocycles. The Morgan fingerprint density at radius 2 is 2.14 bits per heavy atom. The SMILES string of the molecule is O=[N+]([O-])c1ccc2nc(NCC3(CCO)CCC3)ccc2c1. The molecular weight excluding hydrogens is 282 g/mol. The number of pyridine rings is 1. The molecule has 1 aromatic carbocycles. The first-order valence-corrected chi connectivity index (χ1v) is 7.52. The lowest BCUT2D eigenvalue weighted by Gasteiger charge is -2.42. The van der Waals surface area contributed by atoms with Crippen LogP contribution in [0.1, 0.15) is 25.7 Å². The van der Waals surface area contributed by atoms with Crippen molar-refractivity contribution in [2.75, 3.05) is 18.5 Å². The van der Waals surface area contributed by atoms with Gasteiger partial charge < -0.3 is 10.4 Å². The first-order valence-electron chi connectivity index (χ1n) is 7.52. The zero-order valence-corrected chi connectivity index (χ0v) is 12.3. The average Bonchev–Trinajstić information content (AvgIpc) is 2.49. The van der Waals surface area contributed by atoms with Crippen molar-refractivity contribution in [2.24, 2.45) is 5.41 Å². The Morgan fingerprint density at radius 3 is 2.77 bits per heavy atom. The summed E-state index contributed by atoms with van der Waals surface area (Å²) in [5, 5.41) is 24.1. The molecule has 3 rings (SSSR count). The number of rotatable bonds is 6. The quantitative estimate of drug-likeness (QED) is 0.632. The molecule has 0 spiro atoms. The third-order valence-electron chi connectivity index (χ3n) is 4.58. The van der Waals surface area contributed by atoms with Gasteiger partial charge in [-0.1, -0.05) is 6.42 Å². The second kappa shape index (κ2) is 5.88. The number of nitrogens with one attached hydrogen (secondary N) is 1. The van der Waals surface area contributed by atoms with Gasteiger partial charge in [0.2, 0.25) is 0 Å². The molecule has 1 aromatic heterocycles. The van der Waals surface area contributed by atoms with Crippen LogP contribution in [0.15, 0.2) is 30.3 Å². The topological polar surface area (TPSA) is 88.3 Å². The van der Waals surface area contributed by atoms with E-state index < -0.39 is 4.92 Å². The number of nitrogens with zero attached hydrogens (tertiary/aromatic N) is 2. The highest BCUT2D eigenvalue weighted by atomic mass is 16.6. The summed E-state index contributed by atoms with van der Waals surface area (Å²) in [6, 6.07) is 8.36. The van der Waals surface area contributed by atoms with Crippen molar-refractivity contribution < 1.29 is 10.0 Å². The zero-order chi connectivity index (χ0) is 15.6. The minimum atomic E-state index is -0.402. The maximum atomic E-state index is 10.8. The van der Waals surface area contributed by atoms with Crippen molar-refractivity contribution in [2.45, 2.75) is 25.7 Å². The molecule has 2 N–H and O–H groups in total. The van der Waals surface area contributed by atoms with E-state index in [4.69, 9.17) is 0 Å². The number of aromatic nitrogens is 1. The summed E-state index contributed by atoms with van der Waals surface area (Å²) >= 11 is 0. The number of benzene rings is 1. The van der Waals surface area contributed by atoms with Crippen molar-refractivity contribution in [3.63, 3.8) is 0 Å². The lowest BCUT2D eigenvalue weighted by atomic mass is 9.67. The van der Waals surface area contributed by atoms with Gasteiger partial charge in [-0.05, 0) is 42.9 Å². The third kappa shape index (κ3) is 2.87. The fourth-order valence-corrected chi connectivity index (χ4v) is 3.03. The summed E-state index contributed by atoms with van der Waals surface area (Å²) in [7, 11) is 0. The summed E-state index contributed by atoms with van der Waals surface area (Å²) in [5.41, 5.74) is 1.01. The summed E-state index contributed by atoms with van der Waals surface area (Å²) < 4.78 is 0. The van der Waals surface area contributed by atoms with E-state index in [1.807, 2.05) is 12.1 Å². The molecular formula is C16H19N3O3. The van der Waals surface area contributed by atoms with Crippen LogP contribution in [0.25, 0.3) is 10.9 Å². The van der Waals surface area contributed by atoms with E-state index in [9.17, 15) is 15.2 Å². The Morgan fingerprint density at radius 1 is 1.32 bits per heavy atom. The standard InChI is InChI=1S/C16H19N3O3/c20-9-8-16(6-1-7-16)11-17-15-5-2-12-10-13(19(21)22)3-4-14(12)18-15/h2-5,10,20H,1,6-9,11H2,(H,17,18). The molecule has 0 radical (unpaired) electrons. The van der Waals surface area contributed by atoms with Gasteiger partial charge in [0.25, 0.3) is 5.69 Å². The Kier molecular flexibility index (Phi) is 3.94. The van der Waals surface area contributed by atoms with Crippen LogP contribution in [0.4, 0.5) is 11.5 Å². The molecule has 0 aliphatic heterocycles. The summed E-state index contributed by atoms with van der Waals surface area (Å²) in [6.45, 7) is 1.02. The molecule has 0 bridgehead atoms. The Hall–Kier alpha value is -2.21. The van der Waals surface area contributed by atoms with Gasteiger partial charge in [-0.25, -0.2) is 4.98 Å². The normalized spacial score (nSPS) is 16.2. The molecule has 0 amide bonds.